The number of benzene rings is 1. The molecule has 0 N–H and O–H groups in total. The number of ether oxygens (including phenoxy) is 1. The largest absolute Gasteiger partial charge is 0.497 e. The Kier molecular flexibility index (Phi) is 4.60. The lowest BCUT2D eigenvalue weighted by atomic mass is 9.96. The van der Waals surface area contributed by atoms with Crippen LogP contribution in [0.3, 0.4) is 0 Å². The molecule has 1 aromatic carbocycles. The molecule has 6 nitrogen and oxygen atoms in total. The van der Waals surface area contributed by atoms with Crippen molar-refractivity contribution < 1.29 is 13.9 Å². The van der Waals surface area contributed by atoms with Crippen LogP contribution >= 0.6 is 0 Å². The third kappa shape index (κ3) is 3.36. The first kappa shape index (κ1) is 15.5. The van der Waals surface area contributed by atoms with Crippen molar-refractivity contribution >= 4 is 5.91 Å². The van der Waals surface area contributed by atoms with Gasteiger partial charge in [-0.3, -0.25) is 4.79 Å². The van der Waals surface area contributed by atoms with Crippen LogP contribution in [0.2, 0.25) is 0 Å². The SMILES string of the molecule is CCC(=O)N1CCC(c2nnc(-c3cccc(OC)c3)o2)CC1. The fraction of sp³-hybridized carbons (Fsp3) is 0.471. The van der Waals surface area contributed by atoms with Gasteiger partial charge >= 0.3 is 0 Å². The van der Waals surface area contributed by atoms with E-state index in [4.69, 9.17) is 9.15 Å². The van der Waals surface area contributed by atoms with Crippen LogP contribution in [0.5, 0.6) is 5.75 Å². The minimum atomic E-state index is 0.214. The Morgan fingerprint density at radius 2 is 2.13 bits per heavy atom. The van der Waals surface area contributed by atoms with E-state index in [2.05, 4.69) is 10.2 Å². The third-order valence-corrected chi connectivity index (χ3v) is 4.26. The van der Waals surface area contributed by atoms with Crippen molar-refractivity contribution in [3.8, 4) is 17.2 Å². The summed E-state index contributed by atoms with van der Waals surface area (Å²) in [7, 11) is 1.63. The Balaban J connectivity index is 1.69. The first-order chi connectivity index (χ1) is 11.2. The van der Waals surface area contributed by atoms with E-state index >= 15 is 0 Å². The topological polar surface area (TPSA) is 68.5 Å². The molecule has 0 aliphatic carbocycles. The number of hydrogen-bond acceptors (Lipinski definition) is 5. The van der Waals surface area contributed by atoms with Gasteiger partial charge in [0, 0.05) is 31.0 Å². The Labute approximate surface area is 135 Å². The van der Waals surface area contributed by atoms with Gasteiger partial charge in [-0.25, -0.2) is 0 Å². The Bertz CT molecular complexity index is 675. The van der Waals surface area contributed by atoms with Gasteiger partial charge in [-0.2, -0.15) is 0 Å². The zero-order valence-corrected chi connectivity index (χ0v) is 13.5. The minimum absolute atomic E-state index is 0.214. The number of nitrogens with zero attached hydrogens (tertiary/aromatic N) is 3. The summed E-state index contributed by atoms with van der Waals surface area (Å²) >= 11 is 0. The molecule has 1 fully saturated rings. The highest BCUT2D eigenvalue weighted by Gasteiger charge is 2.26. The number of amides is 1. The molecule has 1 amide bonds. The summed E-state index contributed by atoms with van der Waals surface area (Å²) in [4.78, 5) is 13.6. The summed E-state index contributed by atoms with van der Waals surface area (Å²) in [6.45, 7) is 3.41. The normalized spacial score (nSPS) is 15.7. The molecule has 1 aromatic heterocycles. The van der Waals surface area contributed by atoms with E-state index in [9.17, 15) is 4.79 Å². The van der Waals surface area contributed by atoms with Gasteiger partial charge in [0.15, 0.2) is 0 Å². The number of carbonyl (C=O) groups is 1. The van der Waals surface area contributed by atoms with E-state index in [-0.39, 0.29) is 11.8 Å². The molecule has 0 atom stereocenters. The van der Waals surface area contributed by atoms with Crippen LogP contribution in [0.1, 0.15) is 38.0 Å². The van der Waals surface area contributed by atoms with Gasteiger partial charge in [0.25, 0.3) is 0 Å². The van der Waals surface area contributed by atoms with Gasteiger partial charge in [-0.15, -0.1) is 10.2 Å². The molecule has 1 aliphatic heterocycles. The molecule has 0 unspecified atom stereocenters. The zero-order valence-electron chi connectivity index (χ0n) is 13.5. The van der Waals surface area contributed by atoms with Crippen molar-refractivity contribution in [1.29, 1.82) is 0 Å². The summed E-state index contributed by atoms with van der Waals surface area (Å²) in [6, 6.07) is 7.57. The average Bonchev–Trinajstić information content (AvgIpc) is 3.11. The summed E-state index contributed by atoms with van der Waals surface area (Å²) < 4.78 is 11.1. The molecule has 2 aromatic rings. The number of rotatable bonds is 4. The number of carbonyl (C=O) groups excluding carboxylic acids is 1. The number of piperidine rings is 1. The highest BCUT2D eigenvalue weighted by atomic mass is 16.5. The lowest BCUT2D eigenvalue weighted by molar-refractivity contribution is -0.131. The Hall–Kier alpha value is -2.37. The first-order valence-electron chi connectivity index (χ1n) is 7.97. The van der Waals surface area contributed by atoms with Gasteiger partial charge in [0.1, 0.15) is 5.75 Å². The monoisotopic (exact) mass is 315 g/mol. The van der Waals surface area contributed by atoms with Gasteiger partial charge in [-0.1, -0.05) is 13.0 Å². The second kappa shape index (κ2) is 6.81. The number of aromatic nitrogens is 2. The van der Waals surface area contributed by atoms with Gasteiger partial charge < -0.3 is 14.1 Å². The molecular weight excluding hydrogens is 294 g/mol. The number of hydrogen-bond donors (Lipinski definition) is 0. The molecule has 0 spiro atoms. The first-order valence-corrected chi connectivity index (χ1v) is 7.97. The van der Waals surface area contributed by atoms with Crippen molar-refractivity contribution in [2.75, 3.05) is 20.2 Å². The van der Waals surface area contributed by atoms with Crippen molar-refractivity contribution in [3.63, 3.8) is 0 Å². The van der Waals surface area contributed by atoms with E-state index in [1.165, 1.54) is 0 Å². The van der Waals surface area contributed by atoms with Crippen molar-refractivity contribution in [2.45, 2.75) is 32.1 Å². The molecule has 122 valence electrons. The standard InChI is InChI=1S/C17H21N3O3/c1-3-15(21)20-9-7-12(8-10-20)16-18-19-17(23-16)13-5-4-6-14(11-13)22-2/h4-6,11-12H,3,7-10H2,1-2H3. The summed E-state index contributed by atoms with van der Waals surface area (Å²) in [5.74, 6) is 2.36. The van der Waals surface area contributed by atoms with Crippen LogP contribution < -0.4 is 4.74 Å². The molecule has 1 saturated heterocycles. The molecule has 1 aliphatic rings. The molecule has 3 rings (SSSR count). The fourth-order valence-corrected chi connectivity index (χ4v) is 2.87. The maximum absolute atomic E-state index is 11.7. The van der Waals surface area contributed by atoms with Crippen LogP contribution in [0, 0.1) is 0 Å². The van der Waals surface area contributed by atoms with E-state index in [0.29, 0.717) is 18.2 Å². The van der Waals surface area contributed by atoms with Crippen LogP contribution in [-0.4, -0.2) is 41.2 Å². The quantitative estimate of drug-likeness (QED) is 0.868. The van der Waals surface area contributed by atoms with Gasteiger partial charge in [0.05, 0.1) is 7.11 Å². The van der Waals surface area contributed by atoms with Crippen molar-refractivity contribution in [2.24, 2.45) is 0 Å². The second-order valence-corrected chi connectivity index (χ2v) is 5.69. The molecule has 2 heterocycles. The maximum atomic E-state index is 11.7. The Morgan fingerprint density at radius 1 is 1.35 bits per heavy atom. The molecule has 0 radical (unpaired) electrons. The summed E-state index contributed by atoms with van der Waals surface area (Å²) in [5, 5.41) is 8.36. The van der Waals surface area contributed by atoms with Crippen molar-refractivity contribution in [3.05, 3.63) is 30.2 Å². The average molecular weight is 315 g/mol. The van der Waals surface area contributed by atoms with E-state index < -0.39 is 0 Å². The predicted octanol–water partition coefficient (Wildman–Crippen LogP) is 2.86. The molecule has 23 heavy (non-hydrogen) atoms. The predicted molar refractivity (Wildman–Crippen MR) is 85.1 cm³/mol. The number of likely N-dealkylation sites (tertiary alicyclic amines) is 1. The smallest absolute Gasteiger partial charge is 0.247 e. The molecular formula is C17H21N3O3. The summed E-state index contributed by atoms with van der Waals surface area (Å²) in [6.07, 6.45) is 2.29. The van der Waals surface area contributed by atoms with Crippen LogP contribution in [0.15, 0.2) is 28.7 Å². The molecule has 0 bridgehead atoms. The lowest BCUT2D eigenvalue weighted by Crippen LogP contribution is -2.37. The summed E-state index contributed by atoms with van der Waals surface area (Å²) in [5.41, 5.74) is 0.849. The van der Waals surface area contributed by atoms with E-state index in [0.717, 1.165) is 37.2 Å². The fourth-order valence-electron chi connectivity index (χ4n) is 2.87. The minimum Gasteiger partial charge on any atom is -0.497 e. The highest BCUT2D eigenvalue weighted by molar-refractivity contribution is 5.75. The highest BCUT2D eigenvalue weighted by Crippen LogP contribution is 2.30. The van der Waals surface area contributed by atoms with E-state index in [1.54, 1.807) is 7.11 Å². The zero-order chi connectivity index (χ0) is 16.2. The molecule has 6 heteroatoms. The molecule has 0 saturated carbocycles. The van der Waals surface area contributed by atoms with Crippen molar-refractivity contribution in [1.82, 2.24) is 15.1 Å². The van der Waals surface area contributed by atoms with Crippen LogP contribution in [-0.2, 0) is 4.79 Å². The third-order valence-electron chi connectivity index (χ3n) is 4.26. The van der Waals surface area contributed by atoms with Crippen LogP contribution in [0.25, 0.3) is 11.5 Å². The second-order valence-electron chi connectivity index (χ2n) is 5.69. The number of methoxy groups -OCH3 is 1. The van der Waals surface area contributed by atoms with Crippen LogP contribution in [0.4, 0.5) is 0 Å². The maximum Gasteiger partial charge on any atom is 0.247 e. The van der Waals surface area contributed by atoms with E-state index in [1.807, 2.05) is 36.1 Å². The Morgan fingerprint density at radius 3 is 2.83 bits per heavy atom. The van der Waals surface area contributed by atoms with Gasteiger partial charge in [-0.05, 0) is 31.0 Å². The van der Waals surface area contributed by atoms with Gasteiger partial charge in [0.2, 0.25) is 17.7 Å². The lowest BCUT2D eigenvalue weighted by Gasteiger charge is -2.30.